The molecule has 30 heavy (non-hydrogen) atoms. The van der Waals surface area contributed by atoms with Gasteiger partial charge >= 0.3 is 0 Å². The van der Waals surface area contributed by atoms with E-state index in [0.29, 0.717) is 17.7 Å². The van der Waals surface area contributed by atoms with E-state index in [2.05, 4.69) is 14.9 Å². The second kappa shape index (κ2) is 9.13. The first kappa shape index (κ1) is 21.6. The molecule has 0 bridgehead atoms. The molecule has 1 aromatic heterocycles. The maximum absolute atomic E-state index is 13.6. The molecule has 0 aliphatic heterocycles. The van der Waals surface area contributed by atoms with Crippen molar-refractivity contribution in [2.75, 3.05) is 4.90 Å². The van der Waals surface area contributed by atoms with Gasteiger partial charge in [0.1, 0.15) is 11.9 Å². The van der Waals surface area contributed by atoms with E-state index in [-0.39, 0.29) is 11.6 Å². The molecule has 0 fully saturated rings. The summed E-state index contributed by atoms with van der Waals surface area (Å²) in [5, 5.41) is 8.43. The fourth-order valence-corrected chi connectivity index (χ4v) is 3.34. The van der Waals surface area contributed by atoms with Crippen LogP contribution in [0.2, 0.25) is 0 Å². The Labute approximate surface area is 178 Å². The van der Waals surface area contributed by atoms with E-state index in [1.165, 1.54) is 34.5 Å². The fraction of sp³-hybridized carbons (Fsp3) is 0.273. The van der Waals surface area contributed by atoms with Crippen LogP contribution in [0.15, 0.2) is 60.0 Å². The Morgan fingerprint density at radius 1 is 1.13 bits per heavy atom. The quantitative estimate of drug-likeness (QED) is 0.609. The largest absolute Gasteiger partial charge is 0.349 e. The van der Waals surface area contributed by atoms with Crippen LogP contribution in [0.25, 0.3) is 0 Å². The molecule has 0 saturated heterocycles. The zero-order valence-electron chi connectivity index (χ0n) is 17.0. The van der Waals surface area contributed by atoms with E-state index >= 15 is 0 Å². The van der Waals surface area contributed by atoms with E-state index < -0.39 is 23.3 Å². The topological polar surface area (TPSA) is 75.2 Å². The van der Waals surface area contributed by atoms with Gasteiger partial charge in [0.15, 0.2) is 5.69 Å². The first-order valence-electron chi connectivity index (χ1n) is 9.55. The summed E-state index contributed by atoms with van der Waals surface area (Å²) in [6, 6.07) is 13.4. The number of hydrogen-bond acceptors (Lipinski definition) is 5. The summed E-state index contributed by atoms with van der Waals surface area (Å²) in [5.74, 6) is -1.25. The van der Waals surface area contributed by atoms with E-state index in [9.17, 15) is 14.0 Å². The molecule has 0 unspecified atom stereocenters. The molecule has 0 aliphatic carbocycles. The molecule has 2 aromatic carbocycles. The number of benzene rings is 2. The van der Waals surface area contributed by atoms with E-state index in [4.69, 9.17) is 0 Å². The third kappa shape index (κ3) is 4.88. The summed E-state index contributed by atoms with van der Waals surface area (Å²) in [6.45, 7) is 5.78. The van der Waals surface area contributed by atoms with E-state index in [1.807, 2.05) is 26.8 Å². The van der Waals surface area contributed by atoms with Crippen LogP contribution in [0.3, 0.4) is 0 Å². The van der Waals surface area contributed by atoms with Crippen molar-refractivity contribution in [3.05, 3.63) is 77.1 Å². The first-order chi connectivity index (χ1) is 14.3. The zero-order chi connectivity index (χ0) is 21.7. The summed E-state index contributed by atoms with van der Waals surface area (Å²) in [6.07, 6.45) is 0.699. The molecule has 0 spiro atoms. The number of nitrogens with zero attached hydrogens (tertiary/aromatic N) is 3. The molecule has 2 amide bonds. The molecule has 3 aromatic rings. The lowest BCUT2D eigenvalue weighted by atomic mass is 9.98. The van der Waals surface area contributed by atoms with Gasteiger partial charge in [0.05, 0.1) is 0 Å². The van der Waals surface area contributed by atoms with Gasteiger partial charge in [-0.25, -0.2) is 4.39 Å². The number of hydrogen-bond donors (Lipinski definition) is 1. The number of halogens is 1. The average molecular weight is 427 g/mol. The number of aromatic nitrogens is 2. The molecule has 0 aliphatic rings. The smallest absolute Gasteiger partial charge is 0.280 e. The van der Waals surface area contributed by atoms with Crippen molar-refractivity contribution in [1.29, 1.82) is 0 Å². The highest BCUT2D eigenvalue weighted by Crippen LogP contribution is 2.30. The minimum absolute atomic E-state index is 0.138. The van der Waals surface area contributed by atoms with Crippen molar-refractivity contribution in [2.45, 2.75) is 38.8 Å². The zero-order valence-corrected chi connectivity index (χ0v) is 17.8. The molecular formula is C22H23FN4O2S. The van der Waals surface area contributed by atoms with Gasteiger partial charge < -0.3 is 5.32 Å². The molecule has 156 valence electrons. The maximum atomic E-state index is 13.6. The van der Waals surface area contributed by atoms with Gasteiger partial charge in [-0.3, -0.25) is 14.5 Å². The molecule has 1 N–H and O–H groups in total. The van der Waals surface area contributed by atoms with Crippen LogP contribution >= 0.6 is 11.5 Å². The highest BCUT2D eigenvalue weighted by molar-refractivity contribution is 7.03. The monoisotopic (exact) mass is 426 g/mol. The Kier molecular flexibility index (Phi) is 6.56. The third-order valence-corrected chi connectivity index (χ3v) is 5.37. The second-order valence-corrected chi connectivity index (χ2v) is 8.09. The Morgan fingerprint density at radius 3 is 2.37 bits per heavy atom. The Morgan fingerprint density at radius 2 is 1.80 bits per heavy atom. The number of para-hydroxylation sites is 1. The predicted octanol–water partition coefficient (Wildman–Crippen LogP) is 4.37. The van der Waals surface area contributed by atoms with Gasteiger partial charge in [-0.2, -0.15) is 0 Å². The number of carbonyl (C=O) groups is 2. The standard InChI is InChI=1S/C22H23FN4O2S/c1-4-22(2,3)24-20(28)19(15-10-12-16(23)13-11-15)27(17-8-6-5-7-9-17)21(29)18-14-30-26-25-18/h5-14,19H,4H2,1-3H3,(H,24,28)/t19-/m0/s1. The molecule has 1 atom stereocenters. The second-order valence-electron chi connectivity index (χ2n) is 7.48. The van der Waals surface area contributed by atoms with E-state index in [0.717, 1.165) is 11.5 Å². The van der Waals surface area contributed by atoms with Gasteiger partial charge in [0.2, 0.25) is 5.91 Å². The van der Waals surface area contributed by atoms with Crippen molar-refractivity contribution >= 4 is 29.0 Å². The molecule has 6 nitrogen and oxygen atoms in total. The summed E-state index contributed by atoms with van der Waals surface area (Å²) in [5.41, 5.74) is 0.664. The van der Waals surface area contributed by atoms with Gasteiger partial charge in [0.25, 0.3) is 5.91 Å². The molecule has 8 heteroatoms. The Bertz CT molecular complexity index is 992. The van der Waals surface area contributed by atoms with Crippen molar-refractivity contribution in [3.8, 4) is 0 Å². The average Bonchev–Trinajstić information content (AvgIpc) is 3.27. The van der Waals surface area contributed by atoms with Gasteiger partial charge in [0, 0.05) is 16.6 Å². The molecule has 3 rings (SSSR count). The van der Waals surface area contributed by atoms with Crippen molar-refractivity contribution in [3.63, 3.8) is 0 Å². The van der Waals surface area contributed by atoms with Crippen LogP contribution in [0.4, 0.5) is 10.1 Å². The highest BCUT2D eigenvalue weighted by atomic mass is 32.1. The lowest BCUT2D eigenvalue weighted by molar-refractivity contribution is -0.124. The fourth-order valence-electron chi connectivity index (χ4n) is 2.91. The van der Waals surface area contributed by atoms with Crippen LogP contribution in [-0.2, 0) is 4.79 Å². The molecule has 0 radical (unpaired) electrons. The minimum atomic E-state index is -1.02. The van der Waals surface area contributed by atoms with Gasteiger partial charge in [-0.05, 0) is 61.6 Å². The van der Waals surface area contributed by atoms with Gasteiger partial charge in [-0.1, -0.05) is 41.7 Å². The molecular weight excluding hydrogens is 403 g/mol. The summed E-state index contributed by atoms with van der Waals surface area (Å²) in [7, 11) is 0. The predicted molar refractivity (Wildman–Crippen MR) is 115 cm³/mol. The number of carbonyl (C=O) groups excluding carboxylic acids is 2. The Hall–Kier alpha value is -3.13. The Balaban J connectivity index is 2.14. The number of anilines is 1. The van der Waals surface area contributed by atoms with Crippen molar-refractivity contribution in [2.24, 2.45) is 0 Å². The molecule has 1 heterocycles. The van der Waals surface area contributed by atoms with Crippen molar-refractivity contribution in [1.82, 2.24) is 14.9 Å². The number of rotatable bonds is 7. The maximum Gasteiger partial charge on any atom is 0.280 e. The number of nitrogens with one attached hydrogen (secondary N) is 1. The van der Waals surface area contributed by atoms with Crippen LogP contribution in [-0.4, -0.2) is 26.9 Å². The SMILES string of the molecule is CCC(C)(C)NC(=O)[C@H](c1ccc(F)cc1)N(C(=O)c1csnn1)c1ccccc1. The van der Waals surface area contributed by atoms with Crippen LogP contribution in [0.1, 0.15) is 49.3 Å². The molecule has 0 saturated carbocycles. The van der Waals surface area contributed by atoms with Gasteiger partial charge in [-0.15, -0.1) is 5.10 Å². The number of amides is 2. The summed E-state index contributed by atoms with van der Waals surface area (Å²) >= 11 is 1.05. The summed E-state index contributed by atoms with van der Waals surface area (Å²) < 4.78 is 17.4. The van der Waals surface area contributed by atoms with Crippen molar-refractivity contribution < 1.29 is 14.0 Å². The van der Waals surface area contributed by atoms with Crippen LogP contribution < -0.4 is 10.2 Å². The first-order valence-corrected chi connectivity index (χ1v) is 10.4. The van der Waals surface area contributed by atoms with E-state index in [1.54, 1.807) is 24.3 Å². The lowest BCUT2D eigenvalue weighted by Crippen LogP contribution is -2.50. The summed E-state index contributed by atoms with van der Waals surface area (Å²) in [4.78, 5) is 28.2. The third-order valence-electron chi connectivity index (χ3n) is 4.87. The normalized spacial score (nSPS) is 12.3. The highest BCUT2D eigenvalue weighted by Gasteiger charge is 2.36. The minimum Gasteiger partial charge on any atom is -0.349 e. The lowest BCUT2D eigenvalue weighted by Gasteiger charge is -2.34. The van der Waals surface area contributed by atoms with Crippen LogP contribution in [0, 0.1) is 5.82 Å². The van der Waals surface area contributed by atoms with Crippen LogP contribution in [0.5, 0.6) is 0 Å².